The summed E-state index contributed by atoms with van der Waals surface area (Å²) in [6.07, 6.45) is 1.92. The van der Waals surface area contributed by atoms with Crippen LogP contribution in [0.4, 0.5) is 0 Å². The smallest absolute Gasteiger partial charge is 0.228 e. The molecule has 0 fully saturated rings. The standard InChI is InChI=1S/C16H23NO4/c1-9(17-5)8-16(3,4)11-10(2)12(18)14(20-6)15(21-7)13(11)19/h8,17H,1-7H3/b9-8+. The van der Waals surface area contributed by atoms with Gasteiger partial charge in [-0.1, -0.05) is 19.9 Å². The summed E-state index contributed by atoms with van der Waals surface area (Å²) in [5.74, 6) is -0.690. The van der Waals surface area contributed by atoms with Crippen LogP contribution in [0.25, 0.3) is 0 Å². The van der Waals surface area contributed by atoms with E-state index < -0.39 is 5.41 Å². The molecule has 0 saturated heterocycles. The number of carbonyl (C=O) groups is 2. The fraction of sp³-hybridized carbons (Fsp3) is 0.500. The minimum absolute atomic E-state index is 0.0335. The summed E-state index contributed by atoms with van der Waals surface area (Å²) < 4.78 is 10.1. The zero-order valence-electron chi connectivity index (χ0n) is 13.7. The second-order valence-corrected chi connectivity index (χ2v) is 5.52. The third-order valence-electron chi connectivity index (χ3n) is 3.59. The lowest BCUT2D eigenvalue weighted by Crippen LogP contribution is -2.32. The van der Waals surface area contributed by atoms with Crippen molar-refractivity contribution in [3.63, 3.8) is 0 Å². The molecule has 1 rings (SSSR count). The average Bonchev–Trinajstić information content (AvgIpc) is 2.41. The number of allylic oxidation sites excluding steroid dienone is 4. The number of nitrogens with one attached hydrogen (secondary N) is 1. The summed E-state index contributed by atoms with van der Waals surface area (Å²) in [5.41, 5.74) is 1.14. The Morgan fingerprint density at radius 1 is 1.10 bits per heavy atom. The summed E-state index contributed by atoms with van der Waals surface area (Å²) in [6.45, 7) is 7.33. The molecule has 0 bridgehead atoms. The maximum absolute atomic E-state index is 12.7. The Labute approximate surface area is 125 Å². The number of methoxy groups -OCH3 is 2. The first kappa shape index (κ1) is 17.0. The first-order valence-electron chi connectivity index (χ1n) is 6.71. The van der Waals surface area contributed by atoms with Crippen molar-refractivity contribution < 1.29 is 19.1 Å². The number of carbonyl (C=O) groups excluding carboxylic acids is 2. The van der Waals surface area contributed by atoms with Crippen LogP contribution < -0.4 is 5.32 Å². The highest BCUT2D eigenvalue weighted by Crippen LogP contribution is 2.38. The van der Waals surface area contributed by atoms with Crippen LogP contribution >= 0.6 is 0 Å². The summed E-state index contributed by atoms with van der Waals surface area (Å²) in [7, 11) is 4.52. The van der Waals surface area contributed by atoms with E-state index in [1.807, 2.05) is 26.8 Å². The molecule has 1 aliphatic rings. The summed E-state index contributed by atoms with van der Waals surface area (Å²) in [5, 5.41) is 3.02. The third-order valence-corrected chi connectivity index (χ3v) is 3.59. The van der Waals surface area contributed by atoms with Crippen LogP contribution in [0.1, 0.15) is 27.7 Å². The highest BCUT2D eigenvalue weighted by molar-refractivity contribution is 6.24. The van der Waals surface area contributed by atoms with Crippen molar-refractivity contribution in [2.45, 2.75) is 27.7 Å². The summed E-state index contributed by atoms with van der Waals surface area (Å²) >= 11 is 0. The van der Waals surface area contributed by atoms with Crippen molar-refractivity contribution in [2.24, 2.45) is 5.41 Å². The van der Waals surface area contributed by atoms with Crippen molar-refractivity contribution in [2.75, 3.05) is 21.3 Å². The Hall–Kier alpha value is -2.04. The summed E-state index contributed by atoms with van der Waals surface area (Å²) in [6, 6.07) is 0. The molecule has 0 aromatic carbocycles. The molecule has 0 unspecified atom stereocenters. The van der Waals surface area contributed by atoms with Gasteiger partial charge in [-0.2, -0.15) is 0 Å². The molecule has 0 spiro atoms. The minimum atomic E-state index is -0.604. The molecular weight excluding hydrogens is 270 g/mol. The van der Waals surface area contributed by atoms with E-state index in [4.69, 9.17) is 9.47 Å². The van der Waals surface area contributed by atoms with E-state index in [0.29, 0.717) is 11.1 Å². The topological polar surface area (TPSA) is 64.6 Å². The van der Waals surface area contributed by atoms with Crippen molar-refractivity contribution in [3.8, 4) is 0 Å². The van der Waals surface area contributed by atoms with Crippen molar-refractivity contribution in [1.82, 2.24) is 5.32 Å². The van der Waals surface area contributed by atoms with Gasteiger partial charge in [0.1, 0.15) is 0 Å². The highest BCUT2D eigenvalue weighted by atomic mass is 16.5. The molecule has 5 heteroatoms. The van der Waals surface area contributed by atoms with Gasteiger partial charge in [0, 0.05) is 29.3 Å². The Balaban J connectivity index is 3.47. The molecule has 0 amide bonds. The van der Waals surface area contributed by atoms with Crippen LogP contribution in [0.5, 0.6) is 0 Å². The van der Waals surface area contributed by atoms with E-state index in [9.17, 15) is 9.59 Å². The van der Waals surface area contributed by atoms with Crippen LogP contribution in [-0.4, -0.2) is 32.8 Å². The van der Waals surface area contributed by atoms with E-state index in [2.05, 4.69) is 5.32 Å². The predicted octanol–water partition coefficient (Wildman–Crippen LogP) is 2.11. The van der Waals surface area contributed by atoms with Gasteiger partial charge in [0.2, 0.25) is 23.1 Å². The Morgan fingerprint density at radius 3 is 2.00 bits per heavy atom. The van der Waals surface area contributed by atoms with Gasteiger partial charge in [-0.25, -0.2) is 0 Å². The first-order chi connectivity index (χ1) is 9.71. The third kappa shape index (κ3) is 3.01. The van der Waals surface area contributed by atoms with Gasteiger partial charge in [-0.05, 0) is 13.8 Å². The van der Waals surface area contributed by atoms with Crippen LogP contribution in [0, 0.1) is 5.41 Å². The number of Topliss-reactive ketones (excluding diaryl/α,β-unsaturated/α-hetero) is 2. The molecule has 0 saturated carbocycles. The summed E-state index contributed by atoms with van der Waals surface area (Å²) in [4.78, 5) is 25.1. The fourth-order valence-corrected chi connectivity index (χ4v) is 2.61. The first-order valence-corrected chi connectivity index (χ1v) is 6.71. The second kappa shape index (κ2) is 6.16. The van der Waals surface area contributed by atoms with Gasteiger partial charge in [-0.3, -0.25) is 9.59 Å². The van der Waals surface area contributed by atoms with Gasteiger partial charge in [0.05, 0.1) is 14.2 Å². The molecule has 1 aliphatic carbocycles. The van der Waals surface area contributed by atoms with Crippen molar-refractivity contribution in [1.29, 1.82) is 0 Å². The van der Waals surface area contributed by atoms with Gasteiger partial charge >= 0.3 is 0 Å². The van der Waals surface area contributed by atoms with Crippen LogP contribution in [0.15, 0.2) is 34.4 Å². The number of hydrogen-bond donors (Lipinski definition) is 1. The van der Waals surface area contributed by atoms with E-state index >= 15 is 0 Å². The lowest BCUT2D eigenvalue weighted by molar-refractivity contribution is -0.121. The lowest BCUT2D eigenvalue weighted by Gasteiger charge is -2.30. The lowest BCUT2D eigenvalue weighted by atomic mass is 9.75. The fourth-order valence-electron chi connectivity index (χ4n) is 2.61. The Morgan fingerprint density at radius 2 is 1.57 bits per heavy atom. The normalized spacial score (nSPS) is 17.4. The molecule has 116 valence electrons. The molecular formula is C16H23NO4. The SMILES string of the molecule is CN/C(C)=C/C(C)(C)C1=C(C)C(=O)C(OC)=C(OC)C1=O. The maximum Gasteiger partial charge on any atom is 0.228 e. The monoisotopic (exact) mass is 293 g/mol. The van der Waals surface area contributed by atoms with E-state index in [0.717, 1.165) is 5.70 Å². The predicted molar refractivity (Wildman–Crippen MR) is 80.4 cm³/mol. The van der Waals surface area contributed by atoms with Gasteiger partial charge in [0.15, 0.2) is 0 Å². The average molecular weight is 293 g/mol. The van der Waals surface area contributed by atoms with Crippen molar-refractivity contribution in [3.05, 3.63) is 34.4 Å². The number of ether oxygens (including phenoxy) is 2. The van der Waals surface area contributed by atoms with E-state index in [1.165, 1.54) is 14.2 Å². The largest absolute Gasteiger partial charge is 0.489 e. The van der Waals surface area contributed by atoms with Crippen molar-refractivity contribution >= 4 is 11.6 Å². The molecule has 0 atom stereocenters. The zero-order valence-corrected chi connectivity index (χ0v) is 13.7. The highest BCUT2D eigenvalue weighted by Gasteiger charge is 2.40. The van der Waals surface area contributed by atoms with Crippen LogP contribution in [0.3, 0.4) is 0 Å². The van der Waals surface area contributed by atoms with Gasteiger partial charge in [-0.15, -0.1) is 0 Å². The van der Waals surface area contributed by atoms with Gasteiger partial charge in [0.25, 0.3) is 0 Å². The number of hydrogen-bond acceptors (Lipinski definition) is 5. The van der Waals surface area contributed by atoms with Crippen LogP contribution in [-0.2, 0) is 19.1 Å². The molecule has 0 heterocycles. The number of rotatable bonds is 5. The Bertz CT molecular complexity index is 565. The van der Waals surface area contributed by atoms with Gasteiger partial charge < -0.3 is 14.8 Å². The van der Waals surface area contributed by atoms with E-state index in [1.54, 1.807) is 14.0 Å². The van der Waals surface area contributed by atoms with Crippen LogP contribution in [0.2, 0.25) is 0 Å². The molecule has 1 N–H and O–H groups in total. The molecule has 0 aromatic rings. The zero-order chi connectivity index (χ0) is 16.4. The molecule has 0 radical (unpaired) electrons. The molecule has 21 heavy (non-hydrogen) atoms. The molecule has 0 aromatic heterocycles. The maximum atomic E-state index is 12.7. The quantitative estimate of drug-likeness (QED) is 0.786. The molecule has 5 nitrogen and oxygen atoms in total. The van der Waals surface area contributed by atoms with E-state index in [-0.39, 0.29) is 23.1 Å². The second-order valence-electron chi connectivity index (χ2n) is 5.52. The minimum Gasteiger partial charge on any atom is -0.489 e. The Kier molecular flexibility index (Phi) is 4.99. The molecule has 0 aliphatic heterocycles. The number of ketones is 2.